The maximum Gasteiger partial charge on any atom is 0.339 e. The lowest BCUT2D eigenvalue weighted by atomic mass is 10.1. The van der Waals surface area contributed by atoms with Gasteiger partial charge in [0.2, 0.25) is 5.91 Å². The molecule has 0 saturated carbocycles. The third kappa shape index (κ3) is 8.44. The number of halogens is 2. The van der Waals surface area contributed by atoms with E-state index in [1.807, 2.05) is 0 Å². The zero-order valence-corrected chi connectivity index (χ0v) is 23.7. The molecule has 4 aromatic carbocycles. The molecule has 0 aliphatic heterocycles. The van der Waals surface area contributed by atoms with Crippen molar-refractivity contribution in [3.05, 3.63) is 124 Å². The van der Waals surface area contributed by atoms with Crippen LogP contribution < -0.4 is 16.0 Å². The molecule has 0 bridgehead atoms. The van der Waals surface area contributed by atoms with Gasteiger partial charge in [-0.2, -0.15) is 0 Å². The molecule has 0 spiro atoms. The Labute approximate surface area is 254 Å². The number of carbonyl (C=O) groups is 4. The maximum atomic E-state index is 14.5. The topological polar surface area (TPSA) is 145 Å². The number of anilines is 2. The lowest BCUT2D eigenvalue weighted by molar-refractivity contribution is -0.114. The lowest BCUT2D eigenvalue weighted by Gasteiger charge is -2.13. The molecule has 0 unspecified atom stereocenters. The summed E-state index contributed by atoms with van der Waals surface area (Å²) in [5.74, 6) is -4.26. The number of thioether (sulfide) groups is 1. The number of hydrogen-bond acceptors (Lipinski definition) is 6. The van der Waals surface area contributed by atoms with Crippen LogP contribution in [0.5, 0.6) is 5.75 Å². The number of carboxylic acids is 1. The van der Waals surface area contributed by atoms with Gasteiger partial charge in [0.1, 0.15) is 22.8 Å². The molecule has 0 saturated heterocycles. The number of hydrogen-bond donors (Lipinski definition) is 5. The normalized spacial score (nSPS) is 11.0. The molecule has 3 amide bonds. The molecule has 9 nitrogen and oxygen atoms in total. The molecule has 0 heterocycles. The zero-order valence-electron chi connectivity index (χ0n) is 22.1. The summed E-state index contributed by atoms with van der Waals surface area (Å²) in [6.07, 6.45) is 1.15. The highest BCUT2D eigenvalue weighted by Crippen LogP contribution is 2.25. The fourth-order valence-electron chi connectivity index (χ4n) is 3.73. The molecule has 0 radical (unpaired) electrons. The summed E-state index contributed by atoms with van der Waals surface area (Å²) in [6, 6.07) is 22.5. The number of aromatic hydroxyl groups is 1. The largest absolute Gasteiger partial charge is 0.507 e. The van der Waals surface area contributed by atoms with Crippen molar-refractivity contribution in [3.8, 4) is 5.75 Å². The van der Waals surface area contributed by atoms with E-state index in [0.717, 1.165) is 23.9 Å². The highest BCUT2D eigenvalue weighted by molar-refractivity contribution is 8.00. The monoisotopic (exact) mass is 619 g/mol. The van der Waals surface area contributed by atoms with E-state index in [2.05, 4.69) is 16.0 Å². The summed E-state index contributed by atoms with van der Waals surface area (Å²) in [5.41, 5.74) is 0.131. The van der Waals surface area contributed by atoms with Gasteiger partial charge in [-0.25, -0.2) is 9.18 Å². The number of phenols is 1. The average Bonchev–Trinajstić information content (AvgIpc) is 2.98. The van der Waals surface area contributed by atoms with Crippen LogP contribution in [0.4, 0.5) is 15.8 Å². The average molecular weight is 620 g/mol. The Morgan fingerprint density at radius 2 is 1.58 bits per heavy atom. The number of carbonyl (C=O) groups excluding carboxylic acids is 3. The van der Waals surface area contributed by atoms with E-state index in [4.69, 9.17) is 16.7 Å². The highest BCUT2D eigenvalue weighted by atomic mass is 35.5. The van der Waals surface area contributed by atoms with Crippen molar-refractivity contribution in [2.24, 2.45) is 0 Å². The number of benzene rings is 4. The fourth-order valence-corrected chi connectivity index (χ4v) is 4.70. The summed E-state index contributed by atoms with van der Waals surface area (Å²) in [5, 5.41) is 26.6. The Kier molecular flexibility index (Phi) is 10.2. The number of aromatic carboxylic acids is 1. The van der Waals surface area contributed by atoms with Crippen molar-refractivity contribution >= 4 is 64.5 Å². The molecule has 0 aliphatic rings. The molecular weight excluding hydrogens is 597 g/mol. The van der Waals surface area contributed by atoms with Crippen LogP contribution in [0.3, 0.4) is 0 Å². The van der Waals surface area contributed by atoms with Gasteiger partial charge in [-0.05, 0) is 66.7 Å². The van der Waals surface area contributed by atoms with E-state index >= 15 is 0 Å². The minimum Gasteiger partial charge on any atom is -0.507 e. The van der Waals surface area contributed by atoms with Gasteiger partial charge in [0.15, 0.2) is 0 Å². The van der Waals surface area contributed by atoms with E-state index in [1.165, 1.54) is 30.3 Å². The molecule has 43 heavy (non-hydrogen) atoms. The van der Waals surface area contributed by atoms with Crippen LogP contribution in [0.25, 0.3) is 6.08 Å². The molecule has 5 N–H and O–H groups in total. The molecule has 218 valence electrons. The lowest BCUT2D eigenvalue weighted by Crippen LogP contribution is -2.30. The summed E-state index contributed by atoms with van der Waals surface area (Å²) >= 11 is 7.30. The first-order valence-corrected chi connectivity index (χ1v) is 13.9. The molecule has 0 atom stereocenters. The second-order valence-electron chi connectivity index (χ2n) is 8.87. The third-order valence-corrected chi connectivity index (χ3v) is 7.11. The third-order valence-electron chi connectivity index (χ3n) is 5.79. The van der Waals surface area contributed by atoms with Crippen molar-refractivity contribution in [3.63, 3.8) is 0 Å². The molecule has 0 aromatic heterocycles. The summed E-state index contributed by atoms with van der Waals surface area (Å²) in [4.78, 5) is 50.4. The molecule has 0 aliphatic carbocycles. The van der Waals surface area contributed by atoms with E-state index in [1.54, 1.807) is 54.6 Å². The van der Waals surface area contributed by atoms with Crippen LogP contribution in [0.1, 0.15) is 26.3 Å². The molecule has 0 fully saturated rings. The van der Waals surface area contributed by atoms with Crippen LogP contribution in [0.2, 0.25) is 5.02 Å². The van der Waals surface area contributed by atoms with Crippen molar-refractivity contribution in [1.29, 1.82) is 0 Å². The van der Waals surface area contributed by atoms with Gasteiger partial charge in [0, 0.05) is 27.4 Å². The Balaban J connectivity index is 1.47. The molecular formula is C31H23ClFN3O6S. The minimum atomic E-state index is -1.34. The van der Waals surface area contributed by atoms with Crippen molar-refractivity contribution in [2.75, 3.05) is 16.4 Å². The minimum absolute atomic E-state index is 0.0439. The van der Waals surface area contributed by atoms with Gasteiger partial charge in [-0.3, -0.25) is 14.4 Å². The Morgan fingerprint density at radius 1 is 0.860 bits per heavy atom. The Hall–Kier alpha value is -5.13. The van der Waals surface area contributed by atoms with Crippen molar-refractivity contribution in [1.82, 2.24) is 5.32 Å². The van der Waals surface area contributed by atoms with E-state index in [-0.39, 0.29) is 38.9 Å². The number of amides is 3. The second-order valence-corrected chi connectivity index (χ2v) is 10.3. The van der Waals surface area contributed by atoms with E-state index < -0.39 is 35.3 Å². The van der Waals surface area contributed by atoms with Gasteiger partial charge in [-0.15, -0.1) is 11.8 Å². The molecule has 4 rings (SSSR count). The van der Waals surface area contributed by atoms with Crippen LogP contribution >= 0.6 is 23.4 Å². The number of rotatable bonds is 10. The molecule has 4 aromatic rings. The maximum absolute atomic E-state index is 14.5. The predicted octanol–water partition coefficient (Wildman–Crippen LogP) is 6.02. The zero-order chi connectivity index (χ0) is 30.9. The van der Waals surface area contributed by atoms with Crippen LogP contribution in [-0.2, 0) is 9.59 Å². The summed E-state index contributed by atoms with van der Waals surface area (Å²) in [7, 11) is 0. The number of carboxylic acid groups (broad SMARTS) is 1. The van der Waals surface area contributed by atoms with Crippen molar-refractivity contribution < 1.29 is 33.8 Å². The summed E-state index contributed by atoms with van der Waals surface area (Å²) in [6.45, 7) is 0. The standard InChI is InChI=1S/C31H23ClFN3O6S/c32-24-10-5-11-25(33)22(24)16-26(36-29(39)18-6-2-1-3-7-18)30(40)35-19-8-4-9-21(14-19)43-17-28(38)34-20-12-13-27(37)23(15-20)31(41)42/h1-16,37H,17H2,(H,34,38)(H,35,40)(H,36,39)(H,41,42)/b26-16+. The van der Waals surface area contributed by atoms with Gasteiger partial charge < -0.3 is 26.2 Å². The van der Waals surface area contributed by atoms with Crippen LogP contribution in [0, 0.1) is 5.82 Å². The Morgan fingerprint density at radius 3 is 2.30 bits per heavy atom. The number of nitrogens with one attached hydrogen (secondary N) is 3. The van der Waals surface area contributed by atoms with Crippen molar-refractivity contribution in [2.45, 2.75) is 4.90 Å². The van der Waals surface area contributed by atoms with Gasteiger partial charge in [0.25, 0.3) is 11.8 Å². The van der Waals surface area contributed by atoms with E-state index in [0.29, 0.717) is 10.6 Å². The fraction of sp³-hybridized carbons (Fsp3) is 0.0323. The first-order chi connectivity index (χ1) is 20.6. The van der Waals surface area contributed by atoms with Crippen LogP contribution in [0.15, 0.2) is 102 Å². The molecule has 12 heteroatoms. The predicted molar refractivity (Wildman–Crippen MR) is 163 cm³/mol. The van der Waals surface area contributed by atoms with Crippen LogP contribution in [-0.4, -0.2) is 39.7 Å². The first kappa shape index (κ1) is 30.8. The SMILES string of the molecule is O=C(CSc1cccc(NC(=O)/C(=C\c2c(F)cccc2Cl)NC(=O)c2ccccc2)c1)Nc1ccc(O)c(C(=O)O)c1. The smallest absolute Gasteiger partial charge is 0.339 e. The Bertz CT molecular complexity index is 1710. The highest BCUT2D eigenvalue weighted by Gasteiger charge is 2.18. The quantitative estimate of drug-likeness (QED) is 0.0829. The first-order valence-electron chi connectivity index (χ1n) is 12.5. The van der Waals surface area contributed by atoms with Gasteiger partial charge in [0.05, 0.1) is 10.8 Å². The van der Waals surface area contributed by atoms with Gasteiger partial charge >= 0.3 is 5.97 Å². The van der Waals surface area contributed by atoms with E-state index in [9.17, 15) is 28.7 Å². The summed E-state index contributed by atoms with van der Waals surface area (Å²) < 4.78 is 14.5. The van der Waals surface area contributed by atoms with Gasteiger partial charge in [-0.1, -0.05) is 41.9 Å². The second kappa shape index (κ2) is 14.2.